The fourth-order valence-corrected chi connectivity index (χ4v) is 3.14. The molecule has 0 unspecified atom stereocenters. The molecule has 0 N–H and O–H groups in total. The van der Waals surface area contributed by atoms with Crippen LogP contribution in [0.5, 0.6) is 0 Å². The smallest absolute Gasteiger partial charge is 0.361 e. The number of nitrogens with zero attached hydrogens (tertiary/aromatic N) is 7. The van der Waals surface area contributed by atoms with Crippen LogP contribution in [0.4, 0.5) is 5.95 Å². The zero-order chi connectivity index (χ0) is 20.9. The highest BCUT2D eigenvalue weighted by Crippen LogP contribution is 2.11. The number of hydrogen-bond acceptors (Lipinski definition) is 8. The van der Waals surface area contributed by atoms with Crippen LogP contribution in [0.15, 0.2) is 48.8 Å². The monoisotopic (exact) mass is 407 g/mol. The summed E-state index contributed by atoms with van der Waals surface area (Å²) in [6, 6.07) is 11.0. The van der Waals surface area contributed by atoms with Gasteiger partial charge < -0.3 is 14.5 Å². The number of benzene rings is 1. The minimum atomic E-state index is -0.667. The molecule has 1 aromatic carbocycles. The van der Waals surface area contributed by atoms with Gasteiger partial charge in [-0.15, -0.1) is 5.10 Å². The Morgan fingerprint density at radius 2 is 1.67 bits per heavy atom. The molecule has 1 aliphatic rings. The first-order valence-electron chi connectivity index (χ1n) is 9.58. The largest absolute Gasteiger partial charge is 0.451 e. The minimum absolute atomic E-state index is 0.0951. The summed E-state index contributed by atoms with van der Waals surface area (Å²) in [5.74, 6) is -0.266. The van der Waals surface area contributed by atoms with Crippen LogP contribution in [0.2, 0.25) is 0 Å². The molecular formula is C20H21N7O3. The zero-order valence-electron chi connectivity index (χ0n) is 16.5. The summed E-state index contributed by atoms with van der Waals surface area (Å²) in [5, 5.41) is 8.45. The number of amides is 1. The molecule has 1 aliphatic heterocycles. The average Bonchev–Trinajstić information content (AvgIpc) is 3.20. The van der Waals surface area contributed by atoms with Gasteiger partial charge in [-0.2, -0.15) is 9.90 Å². The predicted octanol–water partition coefficient (Wildman–Crippen LogP) is 0.871. The molecule has 4 rings (SSSR count). The first kappa shape index (κ1) is 19.5. The van der Waals surface area contributed by atoms with E-state index in [1.165, 1.54) is 4.80 Å². The van der Waals surface area contributed by atoms with Crippen LogP contribution in [0.3, 0.4) is 0 Å². The number of anilines is 1. The summed E-state index contributed by atoms with van der Waals surface area (Å²) < 4.78 is 5.20. The van der Waals surface area contributed by atoms with E-state index in [0.29, 0.717) is 37.8 Å². The second-order valence-electron chi connectivity index (χ2n) is 6.75. The van der Waals surface area contributed by atoms with Gasteiger partial charge in [-0.1, -0.05) is 18.2 Å². The molecule has 0 radical (unpaired) electrons. The summed E-state index contributed by atoms with van der Waals surface area (Å²) in [5.41, 5.74) is 1.27. The molecule has 154 valence electrons. The molecule has 3 aromatic rings. The van der Waals surface area contributed by atoms with Crippen LogP contribution in [0.25, 0.3) is 5.69 Å². The SMILES string of the molecule is Cc1nn(-c2ccccc2)nc1C(=O)OCC(=O)N1CCN(c2ncccn2)CC1. The third kappa shape index (κ3) is 4.27. The lowest BCUT2D eigenvalue weighted by atomic mass is 10.3. The Hall–Kier alpha value is -3.82. The molecule has 0 atom stereocenters. The second-order valence-corrected chi connectivity index (χ2v) is 6.75. The van der Waals surface area contributed by atoms with Crippen molar-refractivity contribution >= 4 is 17.8 Å². The van der Waals surface area contributed by atoms with E-state index in [-0.39, 0.29) is 18.2 Å². The van der Waals surface area contributed by atoms with Gasteiger partial charge in [0.15, 0.2) is 12.3 Å². The molecule has 1 fully saturated rings. The highest BCUT2D eigenvalue weighted by molar-refractivity contribution is 5.90. The lowest BCUT2D eigenvalue weighted by Gasteiger charge is -2.34. The first-order valence-corrected chi connectivity index (χ1v) is 9.58. The third-order valence-electron chi connectivity index (χ3n) is 4.76. The fraction of sp³-hybridized carbons (Fsp3) is 0.300. The Morgan fingerprint density at radius 1 is 0.967 bits per heavy atom. The molecule has 0 saturated carbocycles. The van der Waals surface area contributed by atoms with Gasteiger partial charge in [0.2, 0.25) is 5.95 Å². The van der Waals surface area contributed by atoms with Crippen molar-refractivity contribution in [2.75, 3.05) is 37.7 Å². The van der Waals surface area contributed by atoms with Gasteiger partial charge in [-0.05, 0) is 25.1 Å². The van der Waals surface area contributed by atoms with Crippen LogP contribution in [-0.4, -0.2) is 74.5 Å². The summed E-state index contributed by atoms with van der Waals surface area (Å²) in [6.07, 6.45) is 3.38. The quantitative estimate of drug-likeness (QED) is 0.574. The maximum atomic E-state index is 12.4. The number of carbonyl (C=O) groups is 2. The molecule has 10 nitrogen and oxygen atoms in total. The van der Waals surface area contributed by atoms with Crippen LogP contribution in [-0.2, 0) is 9.53 Å². The molecule has 2 aromatic heterocycles. The highest BCUT2D eigenvalue weighted by atomic mass is 16.5. The number of ether oxygens (including phenoxy) is 1. The molecule has 3 heterocycles. The van der Waals surface area contributed by atoms with E-state index in [9.17, 15) is 9.59 Å². The average molecular weight is 407 g/mol. The van der Waals surface area contributed by atoms with Crippen LogP contribution < -0.4 is 4.90 Å². The summed E-state index contributed by atoms with van der Waals surface area (Å²) >= 11 is 0. The third-order valence-corrected chi connectivity index (χ3v) is 4.76. The molecule has 0 bridgehead atoms. The number of para-hydroxylation sites is 1. The van der Waals surface area contributed by atoms with Gasteiger partial charge in [0, 0.05) is 38.6 Å². The van der Waals surface area contributed by atoms with Crippen molar-refractivity contribution in [3.8, 4) is 5.69 Å². The van der Waals surface area contributed by atoms with E-state index >= 15 is 0 Å². The molecule has 30 heavy (non-hydrogen) atoms. The van der Waals surface area contributed by atoms with E-state index < -0.39 is 5.97 Å². The zero-order valence-corrected chi connectivity index (χ0v) is 16.5. The number of piperazine rings is 1. The van der Waals surface area contributed by atoms with Crippen LogP contribution in [0.1, 0.15) is 16.2 Å². The highest BCUT2D eigenvalue weighted by Gasteiger charge is 2.24. The fourth-order valence-electron chi connectivity index (χ4n) is 3.14. The first-order chi connectivity index (χ1) is 14.6. The molecule has 0 spiro atoms. The Balaban J connectivity index is 1.30. The normalized spacial score (nSPS) is 13.9. The van der Waals surface area contributed by atoms with Gasteiger partial charge in [-0.3, -0.25) is 4.79 Å². The van der Waals surface area contributed by atoms with Crippen LogP contribution >= 0.6 is 0 Å². The number of rotatable bonds is 5. The maximum Gasteiger partial charge on any atom is 0.361 e. The van der Waals surface area contributed by atoms with E-state index in [0.717, 1.165) is 5.69 Å². The van der Waals surface area contributed by atoms with Gasteiger partial charge >= 0.3 is 5.97 Å². The van der Waals surface area contributed by atoms with Gasteiger partial charge in [0.25, 0.3) is 5.91 Å². The molecule has 1 saturated heterocycles. The van der Waals surface area contributed by atoms with E-state index in [1.54, 1.807) is 30.3 Å². The number of carbonyl (C=O) groups excluding carboxylic acids is 2. The summed E-state index contributed by atoms with van der Waals surface area (Å²) in [4.78, 5) is 38.4. The van der Waals surface area contributed by atoms with Gasteiger partial charge in [0.05, 0.1) is 11.4 Å². The Kier molecular flexibility index (Phi) is 5.64. The van der Waals surface area contributed by atoms with Gasteiger partial charge in [0.1, 0.15) is 0 Å². The minimum Gasteiger partial charge on any atom is -0.451 e. The molecular weight excluding hydrogens is 386 g/mol. The number of hydrogen-bond donors (Lipinski definition) is 0. The van der Waals surface area contributed by atoms with E-state index in [2.05, 4.69) is 20.2 Å². The van der Waals surface area contributed by atoms with Crippen molar-refractivity contribution in [1.82, 2.24) is 29.9 Å². The molecule has 0 aliphatic carbocycles. The van der Waals surface area contributed by atoms with Gasteiger partial charge in [-0.25, -0.2) is 14.8 Å². The molecule has 1 amide bonds. The summed E-state index contributed by atoms with van der Waals surface area (Å²) in [6.45, 7) is 3.60. The predicted molar refractivity (Wildman–Crippen MR) is 107 cm³/mol. The Bertz CT molecular complexity index is 1020. The van der Waals surface area contributed by atoms with Crippen LogP contribution in [0, 0.1) is 6.92 Å². The van der Waals surface area contributed by atoms with Crippen molar-refractivity contribution in [2.45, 2.75) is 6.92 Å². The number of aryl methyl sites for hydroxylation is 1. The Labute approximate surface area is 173 Å². The lowest BCUT2D eigenvalue weighted by molar-refractivity contribution is -0.134. The second kappa shape index (κ2) is 8.68. The number of aromatic nitrogens is 5. The van der Waals surface area contributed by atoms with Crippen molar-refractivity contribution in [2.24, 2.45) is 0 Å². The summed E-state index contributed by atoms with van der Waals surface area (Å²) in [7, 11) is 0. The Morgan fingerprint density at radius 3 is 2.37 bits per heavy atom. The maximum absolute atomic E-state index is 12.4. The number of esters is 1. The van der Waals surface area contributed by atoms with Crippen molar-refractivity contribution in [1.29, 1.82) is 0 Å². The standard InChI is InChI=1S/C20H21N7O3/c1-15-18(24-27(23-15)16-6-3-2-4-7-16)19(29)30-14-17(28)25-10-12-26(13-11-25)20-21-8-5-9-22-20/h2-9H,10-14H2,1H3. The lowest BCUT2D eigenvalue weighted by Crippen LogP contribution is -2.50. The van der Waals surface area contributed by atoms with Crippen molar-refractivity contribution in [3.63, 3.8) is 0 Å². The van der Waals surface area contributed by atoms with Crippen molar-refractivity contribution in [3.05, 3.63) is 60.2 Å². The van der Waals surface area contributed by atoms with E-state index in [1.807, 2.05) is 35.2 Å². The molecule has 10 heteroatoms. The van der Waals surface area contributed by atoms with E-state index in [4.69, 9.17) is 4.74 Å². The topological polar surface area (TPSA) is 106 Å². The van der Waals surface area contributed by atoms with Crippen molar-refractivity contribution < 1.29 is 14.3 Å².